The third-order valence-electron chi connectivity index (χ3n) is 4.47. The lowest BCUT2D eigenvalue weighted by Crippen LogP contribution is -2.41. The highest BCUT2D eigenvalue weighted by atomic mass is 35.5. The smallest absolute Gasteiger partial charge is 0.223 e. The molecule has 1 aliphatic carbocycles. The Labute approximate surface area is 123 Å². The molecule has 19 heavy (non-hydrogen) atoms. The molecule has 0 heterocycles. The van der Waals surface area contributed by atoms with Gasteiger partial charge in [0.25, 0.3) is 0 Å². The van der Waals surface area contributed by atoms with Crippen molar-refractivity contribution in [3.8, 4) is 0 Å². The fraction of sp³-hybridized carbons (Fsp3) is 0.938. The maximum atomic E-state index is 12.5. The maximum absolute atomic E-state index is 12.5. The molecule has 0 aromatic carbocycles. The maximum Gasteiger partial charge on any atom is 0.223 e. The van der Waals surface area contributed by atoms with Crippen LogP contribution in [0.2, 0.25) is 0 Å². The molecule has 0 atom stereocenters. The van der Waals surface area contributed by atoms with Crippen molar-refractivity contribution in [1.82, 2.24) is 4.90 Å². The summed E-state index contributed by atoms with van der Waals surface area (Å²) < 4.78 is 0. The van der Waals surface area contributed by atoms with Gasteiger partial charge in [0.2, 0.25) is 5.91 Å². The number of halogens is 1. The van der Waals surface area contributed by atoms with E-state index in [9.17, 15) is 4.79 Å². The molecule has 0 aromatic heterocycles. The predicted molar refractivity (Wildman–Crippen MR) is 82.6 cm³/mol. The van der Waals surface area contributed by atoms with Crippen LogP contribution in [0.1, 0.15) is 71.6 Å². The number of hydrogen-bond acceptors (Lipinski definition) is 1. The van der Waals surface area contributed by atoms with Gasteiger partial charge < -0.3 is 4.90 Å². The van der Waals surface area contributed by atoms with E-state index in [4.69, 9.17) is 11.6 Å². The summed E-state index contributed by atoms with van der Waals surface area (Å²) in [5, 5.41) is 0. The Morgan fingerprint density at radius 1 is 1.16 bits per heavy atom. The molecule has 1 amide bonds. The molecular formula is C16H30ClNO. The highest BCUT2D eigenvalue weighted by Crippen LogP contribution is 2.26. The summed E-state index contributed by atoms with van der Waals surface area (Å²) in [5.74, 6) is 1.50. The number of nitrogens with zero attached hydrogens (tertiary/aromatic N) is 1. The topological polar surface area (TPSA) is 20.3 Å². The third-order valence-corrected chi connectivity index (χ3v) is 4.64. The minimum absolute atomic E-state index is 0.334. The van der Waals surface area contributed by atoms with Crippen LogP contribution in [0, 0.1) is 5.92 Å². The number of hydrogen-bond donors (Lipinski definition) is 0. The van der Waals surface area contributed by atoms with Gasteiger partial charge in [-0.2, -0.15) is 0 Å². The minimum Gasteiger partial charge on any atom is -0.339 e. The molecule has 0 spiro atoms. The molecule has 0 aromatic rings. The zero-order chi connectivity index (χ0) is 14.1. The van der Waals surface area contributed by atoms with Gasteiger partial charge in [0.1, 0.15) is 0 Å². The number of alkyl halides is 1. The highest BCUT2D eigenvalue weighted by Gasteiger charge is 2.24. The number of carbonyl (C=O) groups excluding carboxylic acids is 1. The average Bonchev–Trinajstić information content (AvgIpc) is 2.67. The van der Waals surface area contributed by atoms with Crippen LogP contribution >= 0.6 is 11.6 Å². The Kier molecular flexibility index (Phi) is 8.52. The normalized spacial score (nSPS) is 17.5. The van der Waals surface area contributed by atoms with E-state index in [-0.39, 0.29) is 0 Å². The number of carbonyl (C=O) groups is 1. The van der Waals surface area contributed by atoms with E-state index in [1.807, 2.05) is 4.90 Å². The zero-order valence-electron chi connectivity index (χ0n) is 12.7. The zero-order valence-corrected chi connectivity index (χ0v) is 13.4. The van der Waals surface area contributed by atoms with Crippen LogP contribution in [0.25, 0.3) is 0 Å². The first-order valence-electron chi connectivity index (χ1n) is 8.08. The lowest BCUT2D eigenvalue weighted by molar-refractivity contribution is -0.134. The van der Waals surface area contributed by atoms with E-state index >= 15 is 0 Å². The van der Waals surface area contributed by atoms with E-state index < -0.39 is 0 Å². The van der Waals surface area contributed by atoms with Crippen LogP contribution in [-0.2, 0) is 4.79 Å². The monoisotopic (exact) mass is 287 g/mol. The van der Waals surface area contributed by atoms with Crippen LogP contribution in [-0.4, -0.2) is 29.3 Å². The largest absolute Gasteiger partial charge is 0.339 e. The molecule has 2 nitrogen and oxygen atoms in total. The average molecular weight is 288 g/mol. The van der Waals surface area contributed by atoms with Gasteiger partial charge in [0.15, 0.2) is 0 Å². The second-order valence-electron chi connectivity index (χ2n) is 5.81. The van der Waals surface area contributed by atoms with Gasteiger partial charge >= 0.3 is 0 Å². The molecule has 0 N–H and O–H groups in total. The summed E-state index contributed by atoms with van der Waals surface area (Å²) >= 11 is 5.87. The Morgan fingerprint density at radius 3 is 2.21 bits per heavy atom. The van der Waals surface area contributed by atoms with Gasteiger partial charge in [-0.1, -0.05) is 39.5 Å². The fourth-order valence-electron chi connectivity index (χ4n) is 3.26. The van der Waals surface area contributed by atoms with Crippen LogP contribution in [0.15, 0.2) is 0 Å². The lowest BCUT2D eigenvalue weighted by Gasteiger charge is -2.31. The Bertz CT molecular complexity index is 245. The Hall–Kier alpha value is -0.240. The van der Waals surface area contributed by atoms with Crippen molar-refractivity contribution in [1.29, 1.82) is 0 Å². The van der Waals surface area contributed by atoms with Crippen molar-refractivity contribution in [2.45, 2.75) is 77.7 Å². The standard InChI is InChI=1S/C16H30ClNO/c1-3-15(4-2)18(12-11-17)16(19)13-14-9-7-5-6-8-10-14/h14-15H,3-13H2,1-2H3. The first-order chi connectivity index (χ1) is 9.22. The van der Waals surface area contributed by atoms with Gasteiger partial charge in [-0.15, -0.1) is 11.6 Å². The first-order valence-corrected chi connectivity index (χ1v) is 8.61. The van der Waals surface area contributed by atoms with Crippen molar-refractivity contribution in [2.24, 2.45) is 5.92 Å². The summed E-state index contributed by atoms with van der Waals surface area (Å²) in [7, 11) is 0. The van der Waals surface area contributed by atoms with E-state index in [0.29, 0.717) is 30.3 Å². The van der Waals surface area contributed by atoms with Crippen molar-refractivity contribution in [3.63, 3.8) is 0 Å². The quantitative estimate of drug-likeness (QED) is 0.495. The molecular weight excluding hydrogens is 258 g/mol. The van der Waals surface area contributed by atoms with E-state index in [2.05, 4.69) is 13.8 Å². The summed E-state index contributed by atoms with van der Waals surface area (Å²) in [5.41, 5.74) is 0. The third kappa shape index (κ3) is 5.72. The minimum atomic E-state index is 0.334. The second-order valence-corrected chi connectivity index (χ2v) is 6.19. The van der Waals surface area contributed by atoms with Crippen molar-refractivity contribution in [3.05, 3.63) is 0 Å². The second kappa shape index (κ2) is 9.63. The van der Waals surface area contributed by atoms with Crippen LogP contribution in [0.5, 0.6) is 0 Å². The summed E-state index contributed by atoms with van der Waals surface area (Å²) in [6, 6.07) is 0.372. The lowest BCUT2D eigenvalue weighted by atomic mass is 9.95. The van der Waals surface area contributed by atoms with Gasteiger partial charge in [0, 0.05) is 24.9 Å². The fourth-order valence-corrected chi connectivity index (χ4v) is 3.45. The number of amides is 1. The Balaban J connectivity index is 2.54. The molecule has 1 fully saturated rings. The summed E-state index contributed by atoms with van der Waals surface area (Å²) in [6.45, 7) is 5.03. The predicted octanol–water partition coefficient (Wildman–Crippen LogP) is 4.60. The molecule has 1 rings (SSSR count). The van der Waals surface area contributed by atoms with Gasteiger partial charge in [0.05, 0.1) is 0 Å². The van der Waals surface area contributed by atoms with Crippen LogP contribution in [0.3, 0.4) is 0 Å². The molecule has 0 radical (unpaired) electrons. The van der Waals surface area contributed by atoms with Gasteiger partial charge in [-0.25, -0.2) is 0 Å². The van der Waals surface area contributed by atoms with E-state index in [1.54, 1.807) is 0 Å². The Morgan fingerprint density at radius 2 is 1.74 bits per heavy atom. The van der Waals surface area contributed by atoms with Gasteiger partial charge in [-0.05, 0) is 31.6 Å². The molecule has 0 saturated heterocycles. The SMILES string of the molecule is CCC(CC)N(CCCl)C(=O)CC1CCCCCC1. The summed E-state index contributed by atoms with van der Waals surface area (Å²) in [4.78, 5) is 14.6. The van der Waals surface area contributed by atoms with Crippen LogP contribution in [0.4, 0.5) is 0 Å². The van der Waals surface area contributed by atoms with Crippen LogP contribution < -0.4 is 0 Å². The molecule has 0 unspecified atom stereocenters. The number of rotatable bonds is 7. The molecule has 112 valence electrons. The molecule has 0 aliphatic heterocycles. The highest BCUT2D eigenvalue weighted by molar-refractivity contribution is 6.18. The van der Waals surface area contributed by atoms with Gasteiger partial charge in [-0.3, -0.25) is 4.79 Å². The molecule has 3 heteroatoms. The first kappa shape index (κ1) is 16.8. The van der Waals surface area contributed by atoms with Crippen molar-refractivity contribution in [2.75, 3.05) is 12.4 Å². The van der Waals surface area contributed by atoms with Crippen molar-refractivity contribution >= 4 is 17.5 Å². The summed E-state index contributed by atoms with van der Waals surface area (Å²) in [6.07, 6.45) is 10.6. The molecule has 1 aliphatic rings. The van der Waals surface area contributed by atoms with Crippen molar-refractivity contribution < 1.29 is 4.79 Å². The van der Waals surface area contributed by atoms with E-state index in [0.717, 1.165) is 19.3 Å². The van der Waals surface area contributed by atoms with E-state index in [1.165, 1.54) is 38.5 Å². The molecule has 1 saturated carbocycles. The molecule has 0 bridgehead atoms.